The van der Waals surface area contributed by atoms with Gasteiger partial charge in [0.15, 0.2) is 0 Å². The predicted molar refractivity (Wildman–Crippen MR) is 74.8 cm³/mol. The highest BCUT2D eigenvalue weighted by atomic mass is 32.2. The second-order valence-corrected chi connectivity index (χ2v) is 4.54. The number of thioether (sulfide) groups is 1. The lowest BCUT2D eigenvalue weighted by Crippen LogP contribution is -2.39. The molecule has 98 valence electrons. The third-order valence-electron chi connectivity index (χ3n) is 2.57. The minimum absolute atomic E-state index is 0.491. The quantitative estimate of drug-likeness (QED) is 0.671. The Morgan fingerprint density at radius 3 is 2.50 bits per heavy atom. The van der Waals surface area contributed by atoms with Crippen molar-refractivity contribution in [2.45, 2.75) is 18.7 Å². The van der Waals surface area contributed by atoms with Crippen molar-refractivity contribution in [1.29, 1.82) is 0 Å². The molecule has 5 heteroatoms. The van der Waals surface area contributed by atoms with E-state index in [1.807, 2.05) is 38.3 Å². The predicted octanol–water partition coefficient (Wildman–Crippen LogP) is 2.22. The molecule has 0 aliphatic rings. The minimum atomic E-state index is -0.586. The fraction of sp³-hybridized carbons (Fsp3) is 0.385. The van der Waals surface area contributed by atoms with Crippen LogP contribution in [-0.4, -0.2) is 36.1 Å². The van der Waals surface area contributed by atoms with Crippen LogP contribution in [-0.2, 0) is 9.59 Å². The zero-order chi connectivity index (χ0) is 13.5. The van der Waals surface area contributed by atoms with E-state index >= 15 is 0 Å². The highest BCUT2D eigenvalue weighted by molar-refractivity contribution is 7.98. The van der Waals surface area contributed by atoms with E-state index in [-0.39, 0.29) is 0 Å². The van der Waals surface area contributed by atoms with Crippen molar-refractivity contribution in [3.8, 4) is 0 Å². The number of hydrogen-bond donors (Lipinski definition) is 1. The molecular weight excluding hydrogens is 248 g/mol. The Labute approximate surface area is 112 Å². The van der Waals surface area contributed by atoms with Gasteiger partial charge in [0.2, 0.25) is 0 Å². The molecule has 1 aromatic rings. The van der Waals surface area contributed by atoms with Crippen molar-refractivity contribution < 1.29 is 9.59 Å². The lowest BCUT2D eigenvalue weighted by Gasteiger charge is -2.17. The van der Waals surface area contributed by atoms with Crippen LogP contribution in [0.3, 0.4) is 0 Å². The van der Waals surface area contributed by atoms with E-state index in [2.05, 4.69) is 5.32 Å². The average Bonchev–Trinajstić information content (AvgIpc) is 2.40. The SMILES string of the molecule is CCN(CC)C(=O)C(=O)Nc1cccc(SC)c1. The molecule has 0 bridgehead atoms. The smallest absolute Gasteiger partial charge is 0.313 e. The second kappa shape index (κ2) is 7.06. The van der Waals surface area contributed by atoms with Gasteiger partial charge in [0.1, 0.15) is 0 Å². The molecule has 0 atom stereocenters. The molecular formula is C13H18N2O2S. The maximum atomic E-state index is 11.8. The number of benzene rings is 1. The third-order valence-corrected chi connectivity index (χ3v) is 3.30. The normalized spacial score (nSPS) is 9.94. The molecule has 4 nitrogen and oxygen atoms in total. The molecule has 0 aromatic heterocycles. The Morgan fingerprint density at radius 1 is 1.28 bits per heavy atom. The van der Waals surface area contributed by atoms with Gasteiger partial charge in [-0.25, -0.2) is 0 Å². The summed E-state index contributed by atoms with van der Waals surface area (Å²) >= 11 is 1.59. The summed E-state index contributed by atoms with van der Waals surface area (Å²) in [7, 11) is 0. The Balaban J connectivity index is 2.71. The summed E-state index contributed by atoms with van der Waals surface area (Å²) < 4.78 is 0. The number of amides is 2. The lowest BCUT2D eigenvalue weighted by atomic mass is 10.3. The number of carbonyl (C=O) groups is 2. The number of rotatable bonds is 4. The Morgan fingerprint density at radius 2 is 1.94 bits per heavy atom. The molecule has 0 spiro atoms. The maximum Gasteiger partial charge on any atom is 0.313 e. The van der Waals surface area contributed by atoms with Crippen molar-refractivity contribution >= 4 is 29.3 Å². The summed E-state index contributed by atoms with van der Waals surface area (Å²) in [6, 6.07) is 7.42. The number of likely N-dealkylation sites (N-methyl/N-ethyl adjacent to an activating group) is 1. The second-order valence-electron chi connectivity index (χ2n) is 3.66. The summed E-state index contributed by atoms with van der Waals surface area (Å²) in [4.78, 5) is 26.1. The summed E-state index contributed by atoms with van der Waals surface area (Å²) in [5.41, 5.74) is 0.646. The van der Waals surface area contributed by atoms with Crippen molar-refractivity contribution in [3.05, 3.63) is 24.3 Å². The van der Waals surface area contributed by atoms with E-state index < -0.39 is 11.8 Å². The van der Waals surface area contributed by atoms with E-state index in [0.717, 1.165) is 4.90 Å². The van der Waals surface area contributed by atoms with E-state index in [0.29, 0.717) is 18.8 Å². The van der Waals surface area contributed by atoms with E-state index in [1.165, 1.54) is 4.90 Å². The van der Waals surface area contributed by atoms with Gasteiger partial charge in [0.05, 0.1) is 0 Å². The average molecular weight is 266 g/mol. The van der Waals surface area contributed by atoms with Crippen LogP contribution in [0.4, 0.5) is 5.69 Å². The zero-order valence-electron chi connectivity index (χ0n) is 10.9. The third kappa shape index (κ3) is 3.77. The highest BCUT2D eigenvalue weighted by Gasteiger charge is 2.19. The monoisotopic (exact) mass is 266 g/mol. The van der Waals surface area contributed by atoms with Crippen molar-refractivity contribution in [1.82, 2.24) is 4.90 Å². The molecule has 1 N–H and O–H groups in total. The maximum absolute atomic E-state index is 11.8. The minimum Gasteiger partial charge on any atom is -0.335 e. The molecule has 18 heavy (non-hydrogen) atoms. The van der Waals surface area contributed by atoms with Gasteiger partial charge in [0, 0.05) is 23.7 Å². The number of anilines is 1. The first-order valence-electron chi connectivity index (χ1n) is 5.86. The Hall–Kier alpha value is -1.49. The number of carbonyl (C=O) groups excluding carboxylic acids is 2. The van der Waals surface area contributed by atoms with Crippen LogP contribution in [0.1, 0.15) is 13.8 Å². The van der Waals surface area contributed by atoms with Crippen molar-refractivity contribution in [3.63, 3.8) is 0 Å². The zero-order valence-corrected chi connectivity index (χ0v) is 11.7. The van der Waals surface area contributed by atoms with Crippen LogP contribution in [0.2, 0.25) is 0 Å². The molecule has 1 rings (SSSR count). The molecule has 0 saturated carbocycles. The van der Waals surface area contributed by atoms with E-state index in [1.54, 1.807) is 17.8 Å². The summed E-state index contributed by atoms with van der Waals surface area (Å²) in [5.74, 6) is -1.08. The van der Waals surface area contributed by atoms with Gasteiger partial charge < -0.3 is 10.2 Å². The molecule has 0 heterocycles. The molecule has 0 aliphatic carbocycles. The summed E-state index contributed by atoms with van der Waals surface area (Å²) in [5, 5.41) is 2.62. The van der Waals surface area contributed by atoms with Gasteiger partial charge in [-0.05, 0) is 38.3 Å². The molecule has 1 aromatic carbocycles. The summed E-state index contributed by atoms with van der Waals surface area (Å²) in [6.45, 7) is 4.77. The number of nitrogens with zero attached hydrogens (tertiary/aromatic N) is 1. The molecule has 0 unspecified atom stereocenters. The fourth-order valence-corrected chi connectivity index (χ4v) is 2.00. The molecule has 0 saturated heterocycles. The Bertz CT molecular complexity index is 431. The van der Waals surface area contributed by atoms with Gasteiger partial charge in [-0.2, -0.15) is 0 Å². The van der Waals surface area contributed by atoms with E-state index in [9.17, 15) is 9.59 Å². The first kappa shape index (κ1) is 14.6. The Kier molecular flexibility index (Phi) is 5.71. The van der Waals surface area contributed by atoms with Crippen LogP contribution >= 0.6 is 11.8 Å². The molecule has 2 amide bonds. The topological polar surface area (TPSA) is 49.4 Å². The standard InChI is InChI=1S/C13H18N2O2S/c1-4-15(5-2)13(17)12(16)14-10-7-6-8-11(9-10)18-3/h6-9H,4-5H2,1-3H3,(H,14,16). The first-order valence-corrected chi connectivity index (χ1v) is 7.09. The van der Waals surface area contributed by atoms with Crippen LogP contribution < -0.4 is 5.32 Å². The van der Waals surface area contributed by atoms with Gasteiger partial charge >= 0.3 is 11.8 Å². The van der Waals surface area contributed by atoms with Gasteiger partial charge in [-0.15, -0.1) is 11.8 Å². The van der Waals surface area contributed by atoms with Crippen LogP contribution in [0.5, 0.6) is 0 Å². The van der Waals surface area contributed by atoms with Gasteiger partial charge in [-0.1, -0.05) is 6.07 Å². The fourth-order valence-electron chi connectivity index (χ4n) is 1.54. The largest absolute Gasteiger partial charge is 0.335 e. The highest BCUT2D eigenvalue weighted by Crippen LogP contribution is 2.18. The number of hydrogen-bond acceptors (Lipinski definition) is 3. The molecule has 0 fully saturated rings. The van der Waals surface area contributed by atoms with Crippen molar-refractivity contribution in [2.75, 3.05) is 24.7 Å². The first-order chi connectivity index (χ1) is 8.62. The van der Waals surface area contributed by atoms with Crippen LogP contribution in [0.25, 0.3) is 0 Å². The summed E-state index contributed by atoms with van der Waals surface area (Å²) in [6.07, 6.45) is 1.96. The van der Waals surface area contributed by atoms with Crippen molar-refractivity contribution in [2.24, 2.45) is 0 Å². The van der Waals surface area contributed by atoms with Gasteiger partial charge in [-0.3, -0.25) is 9.59 Å². The van der Waals surface area contributed by atoms with Crippen LogP contribution in [0, 0.1) is 0 Å². The van der Waals surface area contributed by atoms with Gasteiger partial charge in [0.25, 0.3) is 0 Å². The molecule has 0 aliphatic heterocycles. The van der Waals surface area contributed by atoms with E-state index in [4.69, 9.17) is 0 Å². The lowest BCUT2D eigenvalue weighted by molar-refractivity contribution is -0.142. The number of nitrogens with one attached hydrogen (secondary N) is 1. The molecule has 0 radical (unpaired) electrons. The van der Waals surface area contributed by atoms with Crippen LogP contribution in [0.15, 0.2) is 29.2 Å².